The SMILES string of the molecule is CC(C)(C)OC(=O)N1CCC[C@H](Nc2ncc(S)c(-c3cn(-c4ccccc4)c4ccccc34)n2)C1. The molecule has 0 spiro atoms. The molecule has 0 saturated carbocycles. The van der Waals surface area contributed by atoms with Gasteiger partial charge in [-0.05, 0) is 51.8 Å². The smallest absolute Gasteiger partial charge is 0.410 e. The largest absolute Gasteiger partial charge is 0.444 e. The number of carbonyl (C=O) groups is 1. The lowest BCUT2D eigenvalue weighted by molar-refractivity contribution is 0.0206. The number of benzene rings is 2. The maximum absolute atomic E-state index is 12.6. The molecule has 1 atom stereocenters. The molecule has 1 aliphatic heterocycles. The summed E-state index contributed by atoms with van der Waals surface area (Å²) in [6.45, 7) is 6.88. The Morgan fingerprint density at radius 3 is 2.64 bits per heavy atom. The van der Waals surface area contributed by atoms with E-state index in [-0.39, 0.29) is 12.1 Å². The Labute approximate surface area is 216 Å². The molecule has 2 aromatic heterocycles. The first-order valence-electron chi connectivity index (χ1n) is 12.2. The number of rotatable bonds is 4. The van der Waals surface area contributed by atoms with Crippen molar-refractivity contribution in [1.29, 1.82) is 0 Å². The third-order valence-corrected chi connectivity index (χ3v) is 6.50. The molecule has 36 heavy (non-hydrogen) atoms. The van der Waals surface area contributed by atoms with Crippen LogP contribution in [-0.4, -0.2) is 50.3 Å². The highest BCUT2D eigenvalue weighted by atomic mass is 32.1. The molecule has 186 valence electrons. The van der Waals surface area contributed by atoms with E-state index in [1.807, 2.05) is 51.1 Å². The van der Waals surface area contributed by atoms with Crippen LogP contribution in [0.25, 0.3) is 27.8 Å². The standard InChI is InChI=1S/C28H31N5O2S/c1-28(2,3)35-27(34)32-15-9-10-19(17-32)30-26-29-16-24(36)25(31-26)22-18-33(20-11-5-4-6-12-20)23-14-8-7-13-21(22)23/h4-8,11-14,16,18-19,36H,9-10,15,17H2,1-3H3,(H,29,30,31)/t19-/m0/s1. The zero-order valence-corrected chi connectivity index (χ0v) is 21.7. The van der Waals surface area contributed by atoms with Crippen LogP contribution < -0.4 is 5.32 Å². The van der Waals surface area contributed by atoms with Crippen molar-refractivity contribution in [2.75, 3.05) is 18.4 Å². The minimum absolute atomic E-state index is 0.0375. The van der Waals surface area contributed by atoms with E-state index in [4.69, 9.17) is 22.3 Å². The summed E-state index contributed by atoms with van der Waals surface area (Å²) >= 11 is 4.69. The summed E-state index contributed by atoms with van der Waals surface area (Å²) < 4.78 is 7.74. The van der Waals surface area contributed by atoms with Gasteiger partial charge in [0.05, 0.1) is 11.2 Å². The highest BCUT2D eigenvalue weighted by Crippen LogP contribution is 2.35. The number of carbonyl (C=O) groups excluding carboxylic acids is 1. The lowest BCUT2D eigenvalue weighted by Gasteiger charge is -2.34. The minimum atomic E-state index is -0.517. The summed E-state index contributed by atoms with van der Waals surface area (Å²) in [6.07, 6.45) is 5.37. The first-order valence-corrected chi connectivity index (χ1v) is 12.7. The Kier molecular flexibility index (Phi) is 6.62. The number of hydrogen-bond donors (Lipinski definition) is 2. The van der Waals surface area contributed by atoms with Gasteiger partial charge in [-0.25, -0.2) is 14.8 Å². The molecule has 1 fully saturated rings. The fourth-order valence-corrected chi connectivity index (χ4v) is 4.81. The fraction of sp³-hybridized carbons (Fsp3) is 0.321. The third kappa shape index (κ3) is 5.18. The molecule has 0 unspecified atom stereocenters. The number of fused-ring (bicyclic) bond motifs is 1. The molecular weight excluding hydrogens is 470 g/mol. The Balaban J connectivity index is 1.43. The van der Waals surface area contributed by atoms with Crippen molar-refractivity contribution in [3.8, 4) is 16.9 Å². The second kappa shape index (κ2) is 9.85. The second-order valence-corrected chi connectivity index (χ2v) is 10.6. The lowest BCUT2D eigenvalue weighted by atomic mass is 10.1. The Hall–Kier alpha value is -3.52. The van der Waals surface area contributed by atoms with Gasteiger partial charge in [0.1, 0.15) is 5.60 Å². The summed E-state index contributed by atoms with van der Waals surface area (Å²) in [6, 6.07) is 18.6. The van der Waals surface area contributed by atoms with Crippen molar-refractivity contribution in [2.24, 2.45) is 0 Å². The van der Waals surface area contributed by atoms with Gasteiger partial charge in [-0.3, -0.25) is 0 Å². The summed E-state index contributed by atoms with van der Waals surface area (Å²) in [5.41, 5.74) is 3.42. The number of aromatic nitrogens is 3. The number of anilines is 1. The number of ether oxygens (including phenoxy) is 1. The molecule has 2 aromatic carbocycles. The van der Waals surface area contributed by atoms with Crippen LogP contribution >= 0.6 is 12.6 Å². The van der Waals surface area contributed by atoms with Gasteiger partial charge in [0.15, 0.2) is 0 Å². The van der Waals surface area contributed by atoms with E-state index < -0.39 is 5.60 Å². The zero-order valence-electron chi connectivity index (χ0n) is 20.8. The van der Waals surface area contributed by atoms with Crippen LogP contribution in [0, 0.1) is 0 Å². The quantitative estimate of drug-likeness (QED) is 0.326. The number of nitrogens with zero attached hydrogens (tertiary/aromatic N) is 4. The lowest BCUT2D eigenvalue weighted by Crippen LogP contribution is -2.47. The van der Waals surface area contributed by atoms with Crippen LogP contribution in [0.2, 0.25) is 0 Å². The van der Waals surface area contributed by atoms with Gasteiger partial charge in [-0.1, -0.05) is 36.4 Å². The van der Waals surface area contributed by atoms with Crippen LogP contribution in [0.5, 0.6) is 0 Å². The molecule has 0 bridgehead atoms. The number of para-hydroxylation sites is 2. The van der Waals surface area contributed by atoms with E-state index in [0.717, 1.165) is 40.7 Å². The summed E-state index contributed by atoms with van der Waals surface area (Å²) in [5, 5.41) is 4.53. The molecule has 4 aromatic rings. The van der Waals surface area contributed by atoms with Crippen LogP contribution in [0.3, 0.4) is 0 Å². The molecule has 0 radical (unpaired) electrons. The number of hydrogen-bond acceptors (Lipinski definition) is 6. The van der Waals surface area contributed by atoms with Gasteiger partial charge >= 0.3 is 6.09 Å². The van der Waals surface area contributed by atoms with E-state index in [1.165, 1.54) is 0 Å². The molecule has 8 heteroatoms. The maximum Gasteiger partial charge on any atom is 0.410 e. The van der Waals surface area contributed by atoms with E-state index in [9.17, 15) is 4.79 Å². The maximum atomic E-state index is 12.6. The van der Waals surface area contributed by atoms with Gasteiger partial charge in [0.2, 0.25) is 5.95 Å². The Bertz CT molecular complexity index is 1380. The highest BCUT2D eigenvalue weighted by Gasteiger charge is 2.28. The monoisotopic (exact) mass is 501 g/mol. The van der Waals surface area contributed by atoms with E-state index >= 15 is 0 Å². The molecule has 1 N–H and O–H groups in total. The second-order valence-electron chi connectivity index (χ2n) is 10.1. The number of likely N-dealkylation sites (tertiary alicyclic amines) is 1. The topological polar surface area (TPSA) is 72.3 Å². The summed E-state index contributed by atoms with van der Waals surface area (Å²) in [4.78, 5) is 24.4. The number of piperidine rings is 1. The molecule has 7 nitrogen and oxygen atoms in total. The molecule has 0 aliphatic carbocycles. The van der Waals surface area contributed by atoms with E-state index in [0.29, 0.717) is 23.9 Å². The first kappa shape index (κ1) is 24.2. The van der Waals surface area contributed by atoms with Crippen molar-refractivity contribution in [3.05, 3.63) is 67.0 Å². The number of nitrogens with one attached hydrogen (secondary N) is 1. The molecule has 1 aliphatic rings. The van der Waals surface area contributed by atoms with Gasteiger partial charge in [-0.2, -0.15) is 0 Å². The fourth-order valence-electron chi connectivity index (χ4n) is 4.58. The molecule has 3 heterocycles. The average molecular weight is 502 g/mol. The first-order chi connectivity index (χ1) is 17.3. The van der Waals surface area contributed by atoms with E-state index in [2.05, 4.69) is 45.3 Å². The number of amides is 1. The predicted molar refractivity (Wildman–Crippen MR) is 146 cm³/mol. The zero-order chi connectivity index (χ0) is 25.3. The van der Waals surface area contributed by atoms with Crippen LogP contribution in [0.1, 0.15) is 33.6 Å². The van der Waals surface area contributed by atoms with Gasteiger partial charge in [0.25, 0.3) is 0 Å². The average Bonchev–Trinajstić information content (AvgIpc) is 3.24. The number of thiol groups is 1. The highest BCUT2D eigenvalue weighted by molar-refractivity contribution is 7.80. The summed E-state index contributed by atoms with van der Waals surface area (Å²) in [5.74, 6) is 0.524. The van der Waals surface area contributed by atoms with Crippen LogP contribution in [-0.2, 0) is 4.74 Å². The Morgan fingerprint density at radius 2 is 1.86 bits per heavy atom. The van der Waals surface area contributed by atoms with Crippen LogP contribution in [0.4, 0.5) is 10.7 Å². The van der Waals surface area contributed by atoms with Gasteiger partial charge in [0, 0.05) is 53.1 Å². The van der Waals surface area contributed by atoms with Crippen molar-refractivity contribution >= 4 is 35.6 Å². The van der Waals surface area contributed by atoms with Gasteiger partial charge < -0.3 is 19.5 Å². The molecule has 5 rings (SSSR count). The van der Waals surface area contributed by atoms with Crippen molar-refractivity contribution in [1.82, 2.24) is 19.4 Å². The van der Waals surface area contributed by atoms with Crippen LogP contribution in [0.15, 0.2) is 71.9 Å². The van der Waals surface area contributed by atoms with Crippen molar-refractivity contribution in [3.63, 3.8) is 0 Å². The van der Waals surface area contributed by atoms with Crippen molar-refractivity contribution in [2.45, 2.75) is 50.2 Å². The molecule has 1 amide bonds. The minimum Gasteiger partial charge on any atom is -0.444 e. The molecular formula is C28H31N5O2S. The Morgan fingerprint density at radius 1 is 1.11 bits per heavy atom. The van der Waals surface area contributed by atoms with Crippen molar-refractivity contribution < 1.29 is 9.53 Å². The summed E-state index contributed by atoms with van der Waals surface area (Å²) in [7, 11) is 0. The van der Waals surface area contributed by atoms with Gasteiger partial charge in [-0.15, -0.1) is 12.6 Å². The molecule has 1 saturated heterocycles. The predicted octanol–water partition coefficient (Wildman–Crippen LogP) is 6.19. The normalized spacial score (nSPS) is 16.2. The van der Waals surface area contributed by atoms with E-state index in [1.54, 1.807) is 11.1 Å². The third-order valence-electron chi connectivity index (χ3n) is 6.18.